The maximum Gasteiger partial charge on any atom is 0.261 e. The molecule has 4 nitrogen and oxygen atoms in total. The zero-order valence-electron chi connectivity index (χ0n) is 16.9. The molecule has 0 aromatic heterocycles. The lowest BCUT2D eigenvalue weighted by atomic mass is 10.1. The standard InChI is InChI=1S/C24H23BrN2O2S/c1-16-7-6-8-17(2)22(16)26-24(30)27-23(28)20-15-19(25)11-12-21(20)29-14-13-18-9-4-3-5-10-18/h3-12,15H,13-14H2,1-2H3,(H2,26,27,28,30). The van der Waals surface area contributed by atoms with Crippen LogP contribution in [0.3, 0.4) is 0 Å². The number of carbonyl (C=O) groups excluding carboxylic acids is 1. The minimum atomic E-state index is -0.324. The Bertz CT molecular complexity index is 1030. The van der Waals surface area contributed by atoms with E-state index in [0.717, 1.165) is 27.7 Å². The van der Waals surface area contributed by atoms with Gasteiger partial charge in [-0.25, -0.2) is 0 Å². The minimum Gasteiger partial charge on any atom is -0.492 e. The summed E-state index contributed by atoms with van der Waals surface area (Å²) in [5.41, 5.74) is 4.61. The van der Waals surface area contributed by atoms with Gasteiger partial charge in [-0.1, -0.05) is 64.5 Å². The van der Waals surface area contributed by atoms with Crippen molar-refractivity contribution in [2.75, 3.05) is 11.9 Å². The molecular formula is C24H23BrN2O2S. The zero-order valence-corrected chi connectivity index (χ0v) is 19.3. The second-order valence-corrected chi connectivity index (χ2v) is 8.22. The molecule has 0 fully saturated rings. The molecule has 3 aromatic carbocycles. The van der Waals surface area contributed by atoms with Gasteiger partial charge in [-0.3, -0.25) is 10.1 Å². The highest BCUT2D eigenvalue weighted by atomic mass is 79.9. The first-order chi connectivity index (χ1) is 14.4. The van der Waals surface area contributed by atoms with Crippen LogP contribution in [0.2, 0.25) is 0 Å². The molecule has 2 N–H and O–H groups in total. The van der Waals surface area contributed by atoms with E-state index in [4.69, 9.17) is 17.0 Å². The predicted octanol–water partition coefficient (Wildman–Crippen LogP) is 5.81. The smallest absolute Gasteiger partial charge is 0.261 e. The first-order valence-corrected chi connectivity index (χ1v) is 10.8. The number of hydrogen-bond donors (Lipinski definition) is 2. The van der Waals surface area contributed by atoms with Crippen LogP contribution in [0, 0.1) is 13.8 Å². The maximum absolute atomic E-state index is 12.9. The first-order valence-electron chi connectivity index (χ1n) is 9.59. The number of amides is 1. The van der Waals surface area contributed by atoms with Gasteiger partial charge in [0.05, 0.1) is 12.2 Å². The van der Waals surface area contributed by atoms with Gasteiger partial charge < -0.3 is 10.1 Å². The Morgan fingerprint density at radius 3 is 2.40 bits per heavy atom. The van der Waals surface area contributed by atoms with Crippen molar-refractivity contribution in [3.63, 3.8) is 0 Å². The Hall–Kier alpha value is -2.70. The number of nitrogens with one attached hydrogen (secondary N) is 2. The van der Waals surface area contributed by atoms with E-state index < -0.39 is 0 Å². The summed E-state index contributed by atoms with van der Waals surface area (Å²) in [4.78, 5) is 12.9. The maximum atomic E-state index is 12.9. The molecule has 0 aliphatic rings. The summed E-state index contributed by atoms with van der Waals surface area (Å²) in [5.74, 6) is 0.191. The highest BCUT2D eigenvalue weighted by Crippen LogP contribution is 2.24. The SMILES string of the molecule is Cc1cccc(C)c1NC(=S)NC(=O)c1cc(Br)ccc1OCCc1ccccc1. The van der Waals surface area contributed by atoms with Gasteiger partial charge in [-0.05, 0) is 61.0 Å². The average Bonchev–Trinajstić information content (AvgIpc) is 2.72. The van der Waals surface area contributed by atoms with Crippen LogP contribution in [0.4, 0.5) is 5.69 Å². The van der Waals surface area contributed by atoms with Crippen molar-refractivity contribution in [1.82, 2.24) is 5.32 Å². The summed E-state index contributed by atoms with van der Waals surface area (Å²) in [6, 6.07) is 21.4. The van der Waals surface area contributed by atoms with Crippen molar-refractivity contribution in [2.24, 2.45) is 0 Å². The Morgan fingerprint density at radius 1 is 1.00 bits per heavy atom. The zero-order chi connectivity index (χ0) is 21.5. The van der Waals surface area contributed by atoms with E-state index in [-0.39, 0.29) is 11.0 Å². The largest absolute Gasteiger partial charge is 0.492 e. The van der Waals surface area contributed by atoms with Crippen molar-refractivity contribution in [2.45, 2.75) is 20.3 Å². The second-order valence-electron chi connectivity index (χ2n) is 6.90. The van der Waals surface area contributed by atoms with E-state index in [9.17, 15) is 4.79 Å². The lowest BCUT2D eigenvalue weighted by Crippen LogP contribution is -2.34. The monoisotopic (exact) mass is 482 g/mol. The van der Waals surface area contributed by atoms with Crippen LogP contribution in [0.15, 0.2) is 71.2 Å². The minimum absolute atomic E-state index is 0.243. The summed E-state index contributed by atoms with van der Waals surface area (Å²) in [7, 11) is 0. The third-order valence-electron chi connectivity index (χ3n) is 4.62. The lowest BCUT2D eigenvalue weighted by Gasteiger charge is -2.15. The Labute approximate surface area is 190 Å². The first kappa shape index (κ1) is 22.0. The Kier molecular flexibility index (Phi) is 7.60. The Morgan fingerprint density at radius 2 is 1.70 bits per heavy atom. The van der Waals surface area contributed by atoms with Gasteiger partial charge in [0.1, 0.15) is 5.75 Å². The number of thiocarbonyl (C=S) groups is 1. The molecular weight excluding hydrogens is 460 g/mol. The highest BCUT2D eigenvalue weighted by molar-refractivity contribution is 9.10. The van der Waals surface area contributed by atoms with Crippen molar-refractivity contribution < 1.29 is 9.53 Å². The summed E-state index contributed by atoms with van der Waals surface area (Å²) in [6.07, 6.45) is 0.754. The van der Waals surface area contributed by atoms with Crippen LogP contribution in [0.5, 0.6) is 5.75 Å². The van der Waals surface area contributed by atoms with Crippen molar-refractivity contribution in [3.05, 3.63) is 93.5 Å². The van der Waals surface area contributed by atoms with Crippen molar-refractivity contribution in [1.29, 1.82) is 0 Å². The summed E-state index contributed by atoms with van der Waals surface area (Å²) < 4.78 is 6.70. The molecule has 0 saturated heterocycles. The number of benzene rings is 3. The molecule has 0 bridgehead atoms. The van der Waals surface area contributed by atoms with Gasteiger partial charge in [0.25, 0.3) is 5.91 Å². The molecule has 30 heavy (non-hydrogen) atoms. The fourth-order valence-electron chi connectivity index (χ4n) is 3.06. The molecule has 0 aliphatic heterocycles. The van der Waals surface area contributed by atoms with Crippen molar-refractivity contribution in [3.8, 4) is 5.75 Å². The molecule has 154 valence electrons. The number of para-hydroxylation sites is 1. The van der Waals surface area contributed by atoms with Gasteiger partial charge in [-0.2, -0.15) is 0 Å². The van der Waals surface area contributed by atoms with E-state index in [1.54, 1.807) is 12.1 Å². The van der Waals surface area contributed by atoms with Crippen LogP contribution in [-0.2, 0) is 6.42 Å². The molecule has 0 radical (unpaired) electrons. The quantitative estimate of drug-likeness (QED) is 0.435. The molecule has 1 amide bonds. The molecule has 0 spiro atoms. The molecule has 0 atom stereocenters. The number of carbonyl (C=O) groups is 1. The van der Waals surface area contributed by atoms with Crippen LogP contribution in [0.1, 0.15) is 27.0 Å². The molecule has 0 heterocycles. The third-order valence-corrected chi connectivity index (χ3v) is 5.32. The predicted molar refractivity (Wildman–Crippen MR) is 129 cm³/mol. The molecule has 3 rings (SSSR count). The molecule has 0 aliphatic carbocycles. The number of anilines is 1. The summed E-state index contributed by atoms with van der Waals surface area (Å²) in [6.45, 7) is 4.45. The molecule has 0 unspecified atom stereocenters. The third kappa shape index (κ3) is 5.90. The summed E-state index contributed by atoms with van der Waals surface area (Å²) in [5, 5.41) is 6.12. The van der Waals surface area contributed by atoms with E-state index in [2.05, 4.69) is 38.7 Å². The fraction of sp³-hybridized carbons (Fsp3) is 0.167. The normalized spacial score (nSPS) is 10.4. The topological polar surface area (TPSA) is 50.4 Å². The number of halogens is 1. The fourth-order valence-corrected chi connectivity index (χ4v) is 3.61. The van der Waals surface area contributed by atoms with Crippen molar-refractivity contribution >= 4 is 44.9 Å². The average molecular weight is 483 g/mol. The van der Waals surface area contributed by atoms with Gasteiger partial charge in [0.15, 0.2) is 5.11 Å². The van der Waals surface area contributed by atoms with Crippen LogP contribution in [0.25, 0.3) is 0 Å². The Balaban J connectivity index is 1.67. The lowest BCUT2D eigenvalue weighted by molar-refractivity contribution is 0.0973. The van der Waals surface area contributed by atoms with E-state index in [1.165, 1.54) is 5.56 Å². The van der Waals surface area contributed by atoms with E-state index in [0.29, 0.717) is 17.9 Å². The van der Waals surface area contributed by atoms with Crippen LogP contribution < -0.4 is 15.4 Å². The van der Waals surface area contributed by atoms with Gasteiger partial charge in [0, 0.05) is 16.6 Å². The second kappa shape index (κ2) is 10.4. The van der Waals surface area contributed by atoms with Crippen LogP contribution >= 0.6 is 28.1 Å². The molecule has 3 aromatic rings. The number of hydrogen-bond acceptors (Lipinski definition) is 3. The number of aryl methyl sites for hydroxylation is 2. The van der Waals surface area contributed by atoms with Gasteiger partial charge in [-0.15, -0.1) is 0 Å². The van der Waals surface area contributed by atoms with E-state index >= 15 is 0 Å². The molecule has 6 heteroatoms. The van der Waals surface area contributed by atoms with E-state index in [1.807, 2.05) is 56.3 Å². The molecule has 0 saturated carbocycles. The van der Waals surface area contributed by atoms with Gasteiger partial charge in [0.2, 0.25) is 0 Å². The van der Waals surface area contributed by atoms with Crippen LogP contribution in [-0.4, -0.2) is 17.6 Å². The van der Waals surface area contributed by atoms with Gasteiger partial charge >= 0.3 is 0 Å². The summed E-state index contributed by atoms with van der Waals surface area (Å²) >= 11 is 8.79. The highest BCUT2D eigenvalue weighted by Gasteiger charge is 2.16. The number of ether oxygens (including phenoxy) is 1. The number of rotatable bonds is 6.